The molecule has 0 spiro atoms. The average molecular weight is 287 g/mol. The number of phenolic OH excluding ortho intramolecular Hbond substituents is 1. The summed E-state index contributed by atoms with van der Waals surface area (Å²) in [5.74, 6) is 0.633. The zero-order chi connectivity index (χ0) is 15.1. The summed E-state index contributed by atoms with van der Waals surface area (Å²) in [6.45, 7) is 2.83. The number of phenols is 1. The van der Waals surface area contributed by atoms with E-state index in [2.05, 4.69) is 5.32 Å². The second-order valence-corrected chi connectivity index (χ2v) is 4.72. The summed E-state index contributed by atoms with van der Waals surface area (Å²) >= 11 is 0. The Hall–Kier alpha value is -2.04. The van der Waals surface area contributed by atoms with Gasteiger partial charge >= 0.3 is 0 Å². The number of rotatable bonds is 7. The van der Waals surface area contributed by atoms with Crippen LogP contribution in [0.15, 0.2) is 48.5 Å². The Morgan fingerprint density at radius 3 is 2.52 bits per heavy atom. The molecule has 0 aromatic heterocycles. The molecule has 3 N–H and O–H groups in total. The Morgan fingerprint density at radius 1 is 1.10 bits per heavy atom. The maximum absolute atomic E-state index is 10.1. The first-order valence-corrected chi connectivity index (χ1v) is 7.09. The van der Waals surface area contributed by atoms with Crippen LogP contribution in [0.4, 0.5) is 0 Å². The third-order valence-electron chi connectivity index (χ3n) is 3.31. The van der Waals surface area contributed by atoms with Crippen molar-refractivity contribution in [3.05, 3.63) is 59.7 Å². The quantitative estimate of drug-likeness (QED) is 0.732. The van der Waals surface area contributed by atoms with E-state index in [1.807, 2.05) is 49.4 Å². The molecule has 112 valence electrons. The zero-order valence-corrected chi connectivity index (χ0v) is 12.1. The lowest BCUT2D eigenvalue weighted by molar-refractivity contribution is 0.243. The highest BCUT2D eigenvalue weighted by Crippen LogP contribution is 2.30. The fourth-order valence-corrected chi connectivity index (χ4v) is 2.19. The lowest BCUT2D eigenvalue weighted by atomic mass is 10.1. The van der Waals surface area contributed by atoms with Gasteiger partial charge in [-0.3, -0.25) is 0 Å². The van der Waals surface area contributed by atoms with Crippen molar-refractivity contribution in [3.63, 3.8) is 0 Å². The predicted molar refractivity (Wildman–Crippen MR) is 82.4 cm³/mol. The van der Waals surface area contributed by atoms with E-state index in [4.69, 9.17) is 4.74 Å². The molecule has 2 aromatic carbocycles. The fraction of sp³-hybridized carbons (Fsp3) is 0.294. The topological polar surface area (TPSA) is 61.7 Å². The van der Waals surface area contributed by atoms with Crippen molar-refractivity contribution in [3.8, 4) is 11.5 Å². The standard InChI is InChI=1S/C17H21NO3/c1-2-21-16-10-6-9-14(17(16)20)11-18-15(12-19)13-7-4-3-5-8-13/h3-10,15,18-20H,2,11-12H2,1H3/t15-/m0/s1. The lowest BCUT2D eigenvalue weighted by Gasteiger charge is -2.18. The summed E-state index contributed by atoms with van der Waals surface area (Å²) in [7, 11) is 0. The largest absolute Gasteiger partial charge is 0.504 e. The van der Waals surface area contributed by atoms with Gasteiger partial charge in [0.1, 0.15) is 0 Å². The van der Waals surface area contributed by atoms with E-state index in [-0.39, 0.29) is 18.4 Å². The van der Waals surface area contributed by atoms with Gasteiger partial charge in [0.15, 0.2) is 11.5 Å². The molecule has 0 amide bonds. The highest BCUT2D eigenvalue weighted by molar-refractivity contribution is 5.45. The van der Waals surface area contributed by atoms with Crippen LogP contribution in [-0.2, 0) is 6.54 Å². The first kappa shape index (κ1) is 15.4. The van der Waals surface area contributed by atoms with E-state index in [1.54, 1.807) is 6.07 Å². The molecule has 4 nitrogen and oxygen atoms in total. The minimum Gasteiger partial charge on any atom is -0.504 e. The highest BCUT2D eigenvalue weighted by Gasteiger charge is 2.12. The van der Waals surface area contributed by atoms with Gasteiger partial charge in [-0.15, -0.1) is 0 Å². The van der Waals surface area contributed by atoms with E-state index >= 15 is 0 Å². The van der Waals surface area contributed by atoms with Crippen molar-refractivity contribution in [2.45, 2.75) is 19.5 Å². The molecule has 0 heterocycles. The van der Waals surface area contributed by atoms with E-state index < -0.39 is 0 Å². The number of aromatic hydroxyl groups is 1. The summed E-state index contributed by atoms with van der Waals surface area (Å²) in [6, 6.07) is 15.0. The molecule has 21 heavy (non-hydrogen) atoms. The fourth-order valence-electron chi connectivity index (χ4n) is 2.19. The van der Waals surface area contributed by atoms with E-state index in [9.17, 15) is 10.2 Å². The van der Waals surface area contributed by atoms with Crippen molar-refractivity contribution >= 4 is 0 Å². The smallest absolute Gasteiger partial charge is 0.162 e. The van der Waals surface area contributed by atoms with Crippen LogP contribution in [-0.4, -0.2) is 23.4 Å². The van der Waals surface area contributed by atoms with Crippen LogP contribution in [0.2, 0.25) is 0 Å². The number of benzene rings is 2. The Kier molecular flexibility index (Phi) is 5.60. The number of aliphatic hydroxyl groups is 1. The van der Waals surface area contributed by atoms with Crippen LogP contribution in [0.5, 0.6) is 11.5 Å². The van der Waals surface area contributed by atoms with Crippen LogP contribution in [0.1, 0.15) is 24.1 Å². The minimum atomic E-state index is -0.165. The van der Waals surface area contributed by atoms with Crippen LogP contribution >= 0.6 is 0 Å². The molecule has 0 unspecified atom stereocenters. The number of hydrogen-bond acceptors (Lipinski definition) is 4. The molecule has 0 aliphatic carbocycles. The number of nitrogens with one attached hydrogen (secondary N) is 1. The maximum Gasteiger partial charge on any atom is 0.162 e. The molecule has 2 aromatic rings. The number of ether oxygens (including phenoxy) is 1. The van der Waals surface area contributed by atoms with Crippen molar-refractivity contribution in [2.75, 3.05) is 13.2 Å². The monoisotopic (exact) mass is 287 g/mol. The van der Waals surface area contributed by atoms with E-state index in [1.165, 1.54) is 0 Å². The van der Waals surface area contributed by atoms with Crippen molar-refractivity contribution < 1.29 is 14.9 Å². The van der Waals surface area contributed by atoms with Gasteiger partial charge in [-0.2, -0.15) is 0 Å². The van der Waals surface area contributed by atoms with Crippen molar-refractivity contribution in [1.29, 1.82) is 0 Å². The second-order valence-electron chi connectivity index (χ2n) is 4.72. The Labute approximate surface area is 125 Å². The van der Waals surface area contributed by atoms with Gasteiger partial charge in [0, 0.05) is 12.1 Å². The highest BCUT2D eigenvalue weighted by atomic mass is 16.5. The number of aliphatic hydroxyl groups excluding tert-OH is 1. The van der Waals surface area contributed by atoms with Gasteiger partial charge < -0.3 is 20.3 Å². The van der Waals surface area contributed by atoms with Gasteiger partial charge in [0.05, 0.1) is 19.3 Å². The third kappa shape index (κ3) is 3.97. The maximum atomic E-state index is 10.1. The summed E-state index contributed by atoms with van der Waals surface area (Å²) < 4.78 is 5.37. The van der Waals surface area contributed by atoms with Gasteiger partial charge in [-0.05, 0) is 18.6 Å². The molecular formula is C17H21NO3. The predicted octanol–water partition coefficient (Wildman–Crippen LogP) is 2.61. The number of para-hydroxylation sites is 1. The van der Waals surface area contributed by atoms with Crippen LogP contribution < -0.4 is 10.1 Å². The van der Waals surface area contributed by atoms with Gasteiger partial charge in [-0.25, -0.2) is 0 Å². The first-order valence-electron chi connectivity index (χ1n) is 7.09. The van der Waals surface area contributed by atoms with Gasteiger partial charge in [0.2, 0.25) is 0 Å². The van der Waals surface area contributed by atoms with Crippen LogP contribution in [0, 0.1) is 0 Å². The van der Waals surface area contributed by atoms with Gasteiger partial charge in [0.25, 0.3) is 0 Å². The normalized spacial score (nSPS) is 12.1. The van der Waals surface area contributed by atoms with E-state index in [0.717, 1.165) is 11.1 Å². The molecule has 4 heteroatoms. The van der Waals surface area contributed by atoms with Crippen molar-refractivity contribution in [2.24, 2.45) is 0 Å². The van der Waals surface area contributed by atoms with Crippen LogP contribution in [0.3, 0.4) is 0 Å². The summed E-state index contributed by atoms with van der Waals surface area (Å²) in [5, 5.41) is 22.9. The Balaban J connectivity index is 2.06. The molecule has 0 saturated heterocycles. The molecule has 0 aliphatic rings. The molecule has 1 atom stereocenters. The summed E-state index contributed by atoms with van der Waals surface area (Å²) in [5.41, 5.74) is 1.76. The molecule has 0 saturated carbocycles. The summed E-state index contributed by atoms with van der Waals surface area (Å²) in [4.78, 5) is 0. The molecule has 0 fully saturated rings. The van der Waals surface area contributed by atoms with Crippen molar-refractivity contribution in [1.82, 2.24) is 5.32 Å². The number of hydrogen-bond donors (Lipinski definition) is 3. The zero-order valence-electron chi connectivity index (χ0n) is 12.1. The molecule has 0 aliphatic heterocycles. The lowest BCUT2D eigenvalue weighted by Crippen LogP contribution is -2.24. The average Bonchev–Trinajstić information content (AvgIpc) is 2.52. The third-order valence-corrected chi connectivity index (χ3v) is 3.31. The summed E-state index contributed by atoms with van der Waals surface area (Å²) in [6.07, 6.45) is 0. The minimum absolute atomic E-state index is 0.00404. The van der Waals surface area contributed by atoms with E-state index in [0.29, 0.717) is 18.9 Å². The molecule has 0 bridgehead atoms. The SMILES string of the molecule is CCOc1cccc(CN[C@@H](CO)c2ccccc2)c1O. The van der Waals surface area contributed by atoms with Gasteiger partial charge in [-0.1, -0.05) is 42.5 Å². The molecule has 2 rings (SSSR count). The second kappa shape index (κ2) is 7.67. The Morgan fingerprint density at radius 2 is 1.86 bits per heavy atom. The van der Waals surface area contributed by atoms with Crippen LogP contribution in [0.25, 0.3) is 0 Å². The Bertz CT molecular complexity index is 557. The first-order chi connectivity index (χ1) is 10.3. The molecular weight excluding hydrogens is 266 g/mol. The molecule has 0 radical (unpaired) electrons.